The SMILES string of the molecule is NCc1ccc(OCC(=O)NC2CCCCC2O)cc1. The molecule has 1 aliphatic carbocycles. The number of nitrogens with one attached hydrogen (secondary N) is 1. The van der Waals surface area contributed by atoms with Crippen LogP contribution in [0.5, 0.6) is 5.75 Å². The zero-order valence-corrected chi connectivity index (χ0v) is 11.5. The van der Waals surface area contributed by atoms with Crippen LogP contribution in [0.2, 0.25) is 0 Å². The number of nitrogens with two attached hydrogens (primary N) is 1. The predicted octanol–water partition coefficient (Wildman–Crippen LogP) is 0.944. The first-order valence-corrected chi connectivity index (χ1v) is 7.08. The lowest BCUT2D eigenvalue weighted by atomic mass is 9.92. The van der Waals surface area contributed by atoms with Gasteiger partial charge in [0.1, 0.15) is 5.75 Å². The number of ether oxygens (including phenoxy) is 1. The number of rotatable bonds is 5. The molecule has 0 bridgehead atoms. The van der Waals surface area contributed by atoms with E-state index in [-0.39, 0.29) is 18.6 Å². The van der Waals surface area contributed by atoms with Gasteiger partial charge in [-0.1, -0.05) is 25.0 Å². The van der Waals surface area contributed by atoms with Crippen molar-refractivity contribution in [1.82, 2.24) is 5.32 Å². The third-order valence-corrected chi connectivity index (χ3v) is 3.60. The number of amides is 1. The van der Waals surface area contributed by atoms with Crippen LogP contribution in [0.25, 0.3) is 0 Å². The van der Waals surface area contributed by atoms with Crippen molar-refractivity contribution in [3.63, 3.8) is 0 Å². The standard InChI is InChI=1S/C15H22N2O3/c16-9-11-5-7-12(8-6-11)20-10-15(19)17-13-3-1-2-4-14(13)18/h5-8,13-14,18H,1-4,9-10,16H2,(H,17,19). The summed E-state index contributed by atoms with van der Waals surface area (Å²) in [6.45, 7) is 0.450. The Morgan fingerprint density at radius 3 is 2.65 bits per heavy atom. The molecule has 0 radical (unpaired) electrons. The van der Waals surface area contributed by atoms with Gasteiger partial charge in [-0.05, 0) is 30.5 Å². The number of carbonyl (C=O) groups is 1. The number of aliphatic hydroxyl groups is 1. The molecule has 5 heteroatoms. The van der Waals surface area contributed by atoms with E-state index in [9.17, 15) is 9.90 Å². The minimum Gasteiger partial charge on any atom is -0.484 e. The molecule has 2 atom stereocenters. The molecule has 0 aromatic heterocycles. The molecule has 1 aliphatic rings. The first-order valence-electron chi connectivity index (χ1n) is 7.08. The van der Waals surface area contributed by atoms with Crippen LogP contribution in [0.15, 0.2) is 24.3 Å². The molecule has 20 heavy (non-hydrogen) atoms. The van der Waals surface area contributed by atoms with Gasteiger partial charge >= 0.3 is 0 Å². The Morgan fingerprint density at radius 2 is 2.00 bits per heavy atom. The smallest absolute Gasteiger partial charge is 0.258 e. The van der Waals surface area contributed by atoms with Crippen LogP contribution in [-0.2, 0) is 11.3 Å². The molecular formula is C15H22N2O3. The summed E-state index contributed by atoms with van der Waals surface area (Å²) < 4.78 is 5.41. The van der Waals surface area contributed by atoms with E-state index in [1.165, 1.54) is 0 Å². The van der Waals surface area contributed by atoms with Crippen LogP contribution in [0.3, 0.4) is 0 Å². The Bertz CT molecular complexity index is 433. The van der Waals surface area contributed by atoms with E-state index in [0.29, 0.717) is 12.3 Å². The maximum Gasteiger partial charge on any atom is 0.258 e. The molecule has 0 spiro atoms. The first kappa shape index (κ1) is 14.8. The monoisotopic (exact) mass is 278 g/mol. The quantitative estimate of drug-likeness (QED) is 0.748. The summed E-state index contributed by atoms with van der Waals surface area (Å²) in [4.78, 5) is 11.8. The lowest BCUT2D eigenvalue weighted by Gasteiger charge is -2.28. The highest BCUT2D eigenvalue weighted by Crippen LogP contribution is 2.18. The first-order chi connectivity index (χ1) is 9.69. The van der Waals surface area contributed by atoms with E-state index in [4.69, 9.17) is 10.5 Å². The van der Waals surface area contributed by atoms with Gasteiger partial charge < -0.3 is 20.9 Å². The van der Waals surface area contributed by atoms with E-state index in [1.54, 1.807) is 12.1 Å². The van der Waals surface area contributed by atoms with Gasteiger partial charge in [0.15, 0.2) is 6.61 Å². The predicted molar refractivity (Wildman–Crippen MR) is 76.2 cm³/mol. The molecule has 2 rings (SSSR count). The van der Waals surface area contributed by atoms with Crippen molar-refractivity contribution >= 4 is 5.91 Å². The fraction of sp³-hybridized carbons (Fsp3) is 0.533. The van der Waals surface area contributed by atoms with Gasteiger partial charge in [0.05, 0.1) is 12.1 Å². The van der Waals surface area contributed by atoms with Crippen molar-refractivity contribution in [3.05, 3.63) is 29.8 Å². The highest BCUT2D eigenvalue weighted by molar-refractivity contribution is 5.77. The average molecular weight is 278 g/mol. The number of hydrogen-bond donors (Lipinski definition) is 3. The summed E-state index contributed by atoms with van der Waals surface area (Å²) in [5.74, 6) is 0.445. The third-order valence-electron chi connectivity index (χ3n) is 3.60. The second-order valence-corrected chi connectivity index (χ2v) is 5.16. The molecule has 2 unspecified atom stereocenters. The molecule has 0 aliphatic heterocycles. The maximum absolute atomic E-state index is 11.8. The number of benzene rings is 1. The Kier molecular flexibility index (Phi) is 5.38. The summed E-state index contributed by atoms with van der Waals surface area (Å²) in [5, 5.41) is 12.6. The van der Waals surface area contributed by atoms with E-state index in [1.807, 2.05) is 12.1 Å². The van der Waals surface area contributed by atoms with E-state index in [2.05, 4.69) is 5.32 Å². The fourth-order valence-electron chi connectivity index (χ4n) is 2.40. The lowest BCUT2D eigenvalue weighted by molar-refractivity contribution is -0.125. The van der Waals surface area contributed by atoms with Gasteiger partial charge in [-0.2, -0.15) is 0 Å². The Morgan fingerprint density at radius 1 is 1.30 bits per heavy atom. The summed E-state index contributed by atoms with van der Waals surface area (Å²) in [6, 6.07) is 7.20. The van der Waals surface area contributed by atoms with Crippen LogP contribution >= 0.6 is 0 Å². The summed E-state index contributed by atoms with van der Waals surface area (Å²) >= 11 is 0. The van der Waals surface area contributed by atoms with Gasteiger partial charge in [-0.15, -0.1) is 0 Å². The van der Waals surface area contributed by atoms with E-state index in [0.717, 1.165) is 31.2 Å². The van der Waals surface area contributed by atoms with Crippen LogP contribution < -0.4 is 15.8 Å². The van der Waals surface area contributed by atoms with E-state index < -0.39 is 6.10 Å². The van der Waals surface area contributed by atoms with Crippen molar-refractivity contribution in [1.29, 1.82) is 0 Å². The van der Waals surface area contributed by atoms with Crippen molar-refractivity contribution < 1.29 is 14.6 Å². The minimum atomic E-state index is -0.434. The molecule has 4 N–H and O–H groups in total. The second kappa shape index (κ2) is 7.26. The molecule has 0 heterocycles. The Balaban J connectivity index is 1.76. The minimum absolute atomic E-state index is 0.0365. The molecule has 0 saturated heterocycles. The van der Waals surface area contributed by atoms with Crippen molar-refractivity contribution in [2.45, 2.75) is 44.4 Å². The van der Waals surface area contributed by atoms with Crippen LogP contribution in [-0.4, -0.2) is 29.8 Å². The second-order valence-electron chi connectivity index (χ2n) is 5.16. The largest absolute Gasteiger partial charge is 0.484 e. The van der Waals surface area contributed by atoms with Gasteiger partial charge in [0.25, 0.3) is 5.91 Å². The molecule has 110 valence electrons. The molecule has 5 nitrogen and oxygen atoms in total. The molecule has 1 aromatic rings. The zero-order valence-electron chi connectivity index (χ0n) is 11.5. The van der Waals surface area contributed by atoms with Crippen molar-refractivity contribution in [2.75, 3.05) is 6.61 Å². The molecule has 1 saturated carbocycles. The molecule has 1 aromatic carbocycles. The Hall–Kier alpha value is -1.59. The summed E-state index contributed by atoms with van der Waals surface area (Å²) in [6.07, 6.45) is 3.22. The average Bonchev–Trinajstić information content (AvgIpc) is 2.48. The van der Waals surface area contributed by atoms with E-state index >= 15 is 0 Å². The van der Waals surface area contributed by atoms with Crippen LogP contribution in [0, 0.1) is 0 Å². The topological polar surface area (TPSA) is 84.6 Å². The highest BCUT2D eigenvalue weighted by Gasteiger charge is 2.24. The Labute approximate surface area is 119 Å². The number of carbonyl (C=O) groups excluding carboxylic acids is 1. The van der Waals surface area contributed by atoms with Crippen LogP contribution in [0.1, 0.15) is 31.2 Å². The summed E-state index contributed by atoms with van der Waals surface area (Å²) in [7, 11) is 0. The van der Waals surface area contributed by atoms with Gasteiger partial charge in [0.2, 0.25) is 0 Å². The lowest BCUT2D eigenvalue weighted by Crippen LogP contribution is -2.46. The highest BCUT2D eigenvalue weighted by atomic mass is 16.5. The van der Waals surface area contributed by atoms with Gasteiger partial charge in [0, 0.05) is 6.54 Å². The number of aliphatic hydroxyl groups excluding tert-OH is 1. The molecule has 1 fully saturated rings. The van der Waals surface area contributed by atoms with Crippen molar-refractivity contribution in [2.24, 2.45) is 5.73 Å². The summed E-state index contributed by atoms with van der Waals surface area (Å²) in [5.41, 5.74) is 6.53. The van der Waals surface area contributed by atoms with Gasteiger partial charge in [-0.25, -0.2) is 0 Å². The normalized spacial score (nSPS) is 22.3. The maximum atomic E-state index is 11.8. The van der Waals surface area contributed by atoms with Crippen molar-refractivity contribution in [3.8, 4) is 5.75 Å². The third kappa shape index (κ3) is 4.21. The molecular weight excluding hydrogens is 256 g/mol. The fourth-order valence-corrected chi connectivity index (χ4v) is 2.40. The van der Waals surface area contributed by atoms with Crippen LogP contribution in [0.4, 0.5) is 0 Å². The number of hydrogen-bond acceptors (Lipinski definition) is 4. The zero-order chi connectivity index (χ0) is 14.4. The van der Waals surface area contributed by atoms with Gasteiger partial charge in [-0.3, -0.25) is 4.79 Å². The molecule has 1 amide bonds.